The van der Waals surface area contributed by atoms with E-state index >= 15 is 0 Å². The second-order valence-electron chi connectivity index (χ2n) is 13.9. The Bertz CT molecular complexity index is 2540. The van der Waals surface area contributed by atoms with Crippen molar-refractivity contribution in [3.05, 3.63) is 203 Å². The Labute approximate surface area is 287 Å². The minimum absolute atomic E-state index is 0.162. The number of rotatable bonds is 3. The summed E-state index contributed by atoms with van der Waals surface area (Å²) in [5.74, 6) is 0.942. The molecule has 0 unspecified atom stereocenters. The van der Waals surface area contributed by atoms with Gasteiger partial charge < -0.3 is 0 Å². The van der Waals surface area contributed by atoms with Crippen LogP contribution in [0.2, 0.25) is 0 Å². The molecule has 232 valence electrons. The summed E-state index contributed by atoms with van der Waals surface area (Å²) < 4.78 is 2.28. The first kappa shape index (κ1) is 28.1. The maximum atomic E-state index is 5.18. The largest absolute Gasteiger partial charge is 0.292 e. The van der Waals surface area contributed by atoms with Gasteiger partial charge >= 0.3 is 0 Å². The van der Waals surface area contributed by atoms with Crippen molar-refractivity contribution in [1.82, 2.24) is 9.55 Å². The molecule has 2 aliphatic rings. The van der Waals surface area contributed by atoms with E-state index in [1.807, 2.05) is 0 Å². The zero-order valence-electron chi connectivity index (χ0n) is 27.6. The first-order valence-electron chi connectivity index (χ1n) is 17.1. The van der Waals surface area contributed by atoms with E-state index in [1.165, 1.54) is 55.6 Å². The van der Waals surface area contributed by atoms with Crippen LogP contribution in [-0.4, -0.2) is 9.55 Å². The molecule has 0 N–H and O–H groups in total. The molecule has 1 spiro atoms. The molecule has 2 aliphatic carbocycles. The van der Waals surface area contributed by atoms with E-state index in [0.29, 0.717) is 0 Å². The van der Waals surface area contributed by atoms with Gasteiger partial charge in [-0.2, -0.15) is 0 Å². The fraction of sp³-hybridized carbons (Fsp3) is 0.0851. The number of benzene rings is 7. The van der Waals surface area contributed by atoms with E-state index in [2.05, 4.69) is 188 Å². The molecule has 0 saturated carbocycles. The summed E-state index contributed by atoms with van der Waals surface area (Å²) in [6.45, 7) is 4.78. The first-order chi connectivity index (χ1) is 24.1. The Kier molecular flexibility index (Phi) is 5.87. The Morgan fingerprint density at radius 3 is 1.76 bits per heavy atom. The Hall–Kier alpha value is -5.99. The van der Waals surface area contributed by atoms with Gasteiger partial charge in [0.2, 0.25) is 0 Å². The van der Waals surface area contributed by atoms with Crippen LogP contribution in [0.15, 0.2) is 170 Å². The minimum atomic E-state index is -0.413. The molecule has 0 bridgehead atoms. The number of hydrogen-bond acceptors (Lipinski definition) is 1. The average Bonchev–Trinajstić information content (AvgIpc) is 3.69. The Morgan fingerprint density at radius 1 is 0.429 bits per heavy atom. The lowest BCUT2D eigenvalue weighted by Gasteiger charge is -2.46. The number of nitrogens with zero attached hydrogens (tertiary/aromatic N) is 2. The smallest absolute Gasteiger partial charge is 0.145 e. The molecule has 49 heavy (non-hydrogen) atoms. The molecular formula is C47H34N2. The predicted octanol–water partition coefficient (Wildman–Crippen LogP) is 11.4. The molecule has 7 aromatic carbocycles. The van der Waals surface area contributed by atoms with Crippen LogP contribution in [0.5, 0.6) is 0 Å². The van der Waals surface area contributed by atoms with Crippen molar-refractivity contribution in [2.24, 2.45) is 0 Å². The van der Waals surface area contributed by atoms with Gasteiger partial charge in [-0.1, -0.05) is 147 Å². The fourth-order valence-electron chi connectivity index (χ4n) is 8.94. The van der Waals surface area contributed by atoms with E-state index in [9.17, 15) is 0 Å². The molecular weight excluding hydrogens is 593 g/mol. The lowest BCUT2D eigenvalue weighted by Crippen LogP contribution is -2.40. The molecule has 8 aromatic rings. The van der Waals surface area contributed by atoms with Gasteiger partial charge in [0.25, 0.3) is 0 Å². The van der Waals surface area contributed by atoms with Crippen LogP contribution < -0.4 is 0 Å². The molecule has 2 heteroatoms. The van der Waals surface area contributed by atoms with Crippen molar-refractivity contribution < 1.29 is 0 Å². The second-order valence-corrected chi connectivity index (χ2v) is 13.9. The van der Waals surface area contributed by atoms with Gasteiger partial charge in [-0.05, 0) is 92.0 Å². The van der Waals surface area contributed by atoms with Gasteiger partial charge in [0, 0.05) is 16.7 Å². The van der Waals surface area contributed by atoms with Gasteiger partial charge in [0.1, 0.15) is 5.82 Å². The van der Waals surface area contributed by atoms with Crippen LogP contribution in [0.4, 0.5) is 0 Å². The Morgan fingerprint density at radius 2 is 1.00 bits per heavy atom. The lowest BCUT2D eigenvalue weighted by atomic mass is 9.55. The lowest BCUT2D eigenvalue weighted by molar-refractivity contribution is 0.563. The Balaban J connectivity index is 1.22. The number of para-hydroxylation sites is 3. The number of fused-ring (bicyclic) bond motifs is 10. The highest BCUT2D eigenvalue weighted by Crippen LogP contribution is 2.62. The van der Waals surface area contributed by atoms with Gasteiger partial charge in [0.15, 0.2) is 0 Å². The van der Waals surface area contributed by atoms with Gasteiger partial charge in [-0.3, -0.25) is 4.57 Å². The summed E-state index contributed by atoms with van der Waals surface area (Å²) in [5, 5.41) is 0. The molecule has 10 rings (SSSR count). The topological polar surface area (TPSA) is 17.8 Å². The summed E-state index contributed by atoms with van der Waals surface area (Å²) in [6.07, 6.45) is 0. The third-order valence-electron chi connectivity index (χ3n) is 11.1. The maximum Gasteiger partial charge on any atom is 0.145 e. The molecule has 0 radical (unpaired) electrons. The van der Waals surface area contributed by atoms with Crippen LogP contribution in [0.1, 0.15) is 47.2 Å². The van der Waals surface area contributed by atoms with Crippen molar-refractivity contribution in [2.75, 3.05) is 0 Å². The third kappa shape index (κ3) is 3.80. The van der Waals surface area contributed by atoms with Gasteiger partial charge in [0.05, 0.1) is 16.4 Å². The normalized spacial score (nSPS) is 14.7. The predicted molar refractivity (Wildman–Crippen MR) is 201 cm³/mol. The van der Waals surface area contributed by atoms with Crippen LogP contribution >= 0.6 is 0 Å². The van der Waals surface area contributed by atoms with Crippen LogP contribution in [-0.2, 0) is 10.8 Å². The average molecular weight is 627 g/mol. The van der Waals surface area contributed by atoms with E-state index < -0.39 is 5.41 Å². The highest BCUT2D eigenvalue weighted by molar-refractivity contribution is 5.89. The molecule has 0 saturated heterocycles. The standard InChI is InChI=1S/C47H34N2/c1-46(2)39-23-10-11-24-41(39)47(37-21-8-6-19-35(37)36-20-7-9-22-38(36)47)42-30-32(27-28-40(42)46)31-15-14-16-33(29-31)45-48-43-25-12-13-26-44(43)49(45)34-17-4-3-5-18-34/h3-30H,1-2H3. The van der Waals surface area contributed by atoms with Crippen molar-refractivity contribution in [2.45, 2.75) is 24.7 Å². The molecule has 0 atom stereocenters. The summed E-state index contributed by atoms with van der Waals surface area (Å²) in [7, 11) is 0. The van der Waals surface area contributed by atoms with Crippen molar-refractivity contribution in [1.29, 1.82) is 0 Å². The summed E-state index contributed by atoms with van der Waals surface area (Å²) in [5.41, 5.74) is 17.0. The fourth-order valence-corrected chi connectivity index (χ4v) is 8.94. The van der Waals surface area contributed by atoms with Crippen LogP contribution in [0, 0.1) is 0 Å². The summed E-state index contributed by atoms with van der Waals surface area (Å²) in [4.78, 5) is 5.18. The summed E-state index contributed by atoms with van der Waals surface area (Å²) in [6, 6.07) is 62.3. The zero-order chi connectivity index (χ0) is 32.7. The van der Waals surface area contributed by atoms with Crippen LogP contribution in [0.25, 0.3) is 50.4 Å². The molecule has 2 nitrogen and oxygen atoms in total. The number of imidazole rings is 1. The number of hydrogen-bond donors (Lipinski definition) is 0. The molecule has 1 aromatic heterocycles. The maximum absolute atomic E-state index is 5.18. The van der Waals surface area contributed by atoms with Crippen molar-refractivity contribution in [3.63, 3.8) is 0 Å². The van der Waals surface area contributed by atoms with Crippen molar-refractivity contribution >= 4 is 11.0 Å². The van der Waals surface area contributed by atoms with Crippen LogP contribution in [0.3, 0.4) is 0 Å². The zero-order valence-corrected chi connectivity index (χ0v) is 27.6. The van der Waals surface area contributed by atoms with E-state index in [-0.39, 0.29) is 5.41 Å². The van der Waals surface area contributed by atoms with E-state index in [4.69, 9.17) is 4.98 Å². The third-order valence-corrected chi connectivity index (χ3v) is 11.1. The molecule has 0 fully saturated rings. The van der Waals surface area contributed by atoms with E-state index in [0.717, 1.165) is 28.1 Å². The highest BCUT2D eigenvalue weighted by Gasteiger charge is 2.53. The van der Waals surface area contributed by atoms with Gasteiger partial charge in [-0.15, -0.1) is 0 Å². The van der Waals surface area contributed by atoms with E-state index in [1.54, 1.807) is 0 Å². The van der Waals surface area contributed by atoms with Gasteiger partial charge in [-0.25, -0.2) is 4.98 Å². The summed E-state index contributed by atoms with van der Waals surface area (Å²) >= 11 is 0. The van der Waals surface area contributed by atoms with Crippen molar-refractivity contribution in [3.8, 4) is 39.3 Å². The molecule has 1 heterocycles. The SMILES string of the molecule is CC1(C)c2ccccc2C2(c3ccccc3-c3ccccc32)c2cc(-c3cccc(-c4nc5ccccc5n4-c4ccccc4)c3)ccc21. The number of aromatic nitrogens is 2. The first-order valence-corrected chi connectivity index (χ1v) is 17.1. The highest BCUT2D eigenvalue weighted by atomic mass is 15.1. The minimum Gasteiger partial charge on any atom is -0.292 e. The second kappa shape index (κ2) is 10.3. The monoisotopic (exact) mass is 626 g/mol. The molecule has 0 amide bonds. The quantitative estimate of drug-likeness (QED) is 0.191. The molecule has 0 aliphatic heterocycles.